The average molecular weight is 391 g/mol. The van der Waals surface area contributed by atoms with E-state index in [0.29, 0.717) is 11.3 Å². The Labute approximate surface area is 147 Å². The van der Waals surface area contributed by atoms with E-state index in [9.17, 15) is 14.0 Å². The molecule has 2 amide bonds. The minimum atomic E-state index is -0.626. The Morgan fingerprint density at radius 2 is 2.08 bits per heavy atom. The van der Waals surface area contributed by atoms with Crippen LogP contribution >= 0.6 is 15.9 Å². The summed E-state index contributed by atoms with van der Waals surface area (Å²) in [5.41, 5.74) is 1.94. The summed E-state index contributed by atoms with van der Waals surface area (Å²) in [5, 5.41) is 5.55. The van der Waals surface area contributed by atoms with Crippen LogP contribution in [-0.2, 0) is 9.59 Å². The van der Waals surface area contributed by atoms with E-state index in [1.165, 1.54) is 12.1 Å². The van der Waals surface area contributed by atoms with Gasteiger partial charge in [0, 0.05) is 16.6 Å². The minimum absolute atomic E-state index is 0.0488. The van der Waals surface area contributed by atoms with Crippen LogP contribution in [0.5, 0.6) is 0 Å². The third kappa shape index (κ3) is 3.33. The molecule has 0 radical (unpaired) electrons. The van der Waals surface area contributed by atoms with Crippen molar-refractivity contribution >= 4 is 33.4 Å². The zero-order valence-electron chi connectivity index (χ0n) is 13.0. The molecule has 1 aliphatic heterocycles. The van der Waals surface area contributed by atoms with Crippen molar-refractivity contribution in [2.45, 2.75) is 25.3 Å². The number of amides is 2. The van der Waals surface area contributed by atoms with E-state index in [1.807, 2.05) is 31.2 Å². The van der Waals surface area contributed by atoms with E-state index in [4.69, 9.17) is 0 Å². The normalized spacial score (nSPS) is 17.6. The maximum atomic E-state index is 13.4. The molecule has 0 saturated heterocycles. The Hall–Kier alpha value is -2.21. The number of benzene rings is 2. The number of halogens is 2. The van der Waals surface area contributed by atoms with Crippen molar-refractivity contribution in [3.63, 3.8) is 0 Å². The molecule has 0 spiro atoms. The average Bonchev–Trinajstić information content (AvgIpc) is 2.53. The number of hydrogen-bond donors (Lipinski definition) is 2. The number of fused-ring (bicyclic) bond motifs is 1. The Kier molecular flexibility index (Phi) is 4.66. The van der Waals surface area contributed by atoms with Crippen molar-refractivity contribution in [2.24, 2.45) is 0 Å². The second kappa shape index (κ2) is 6.73. The molecule has 0 aliphatic carbocycles. The molecule has 1 heterocycles. The van der Waals surface area contributed by atoms with Crippen LogP contribution in [0.4, 0.5) is 10.1 Å². The van der Waals surface area contributed by atoms with Crippen LogP contribution in [0.2, 0.25) is 0 Å². The highest BCUT2D eigenvalue weighted by molar-refractivity contribution is 9.10. The first kappa shape index (κ1) is 16.6. The molecule has 124 valence electrons. The molecule has 2 aromatic rings. The van der Waals surface area contributed by atoms with E-state index in [1.54, 1.807) is 6.07 Å². The number of anilines is 1. The predicted octanol–water partition coefficient (Wildman–Crippen LogP) is 3.89. The molecular formula is C18H16BrFN2O2. The van der Waals surface area contributed by atoms with Gasteiger partial charge < -0.3 is 10.6 Å². The number of nitrogens with one attached hydrogen (secondary N) is 2. The summed E-state index contributed by atoms with van der Waals surface area (Å²) >= 11 is 3.47. The van der Waals surface area contributed by atoms with E-state index in [-0.39, 0.29) is 24.3 Å². The first-order valence-corrected chi connectivity index (χ1v) is 8.39. The predicted molar refractivity (Wildman–Crippen MR) is 93.1 cm³/mol. The Bertz CT molecular complexity index is 809. The Balaban J connectivity index is 1.83. The smallest absolute Gasteiger partial charge is 0.228 e. The molecule has 0 bridgehead atoms. The summed E-state index contributed by atoms with van der Waals surface area (Å²) in [6, 6.07) is 11.5. The fraction of sp³-hybridized carbons (Fsp3) is 0.222. The van der Waals surface area contributed by atoms with Gasteiger partial charge in [-0.25, -0.2) is 4.39 Å². The summed E-state index contributed by atoms with van der Waals surface area (Å²) in [4.78, 5) is 24.5. The number of carbonyl (C=O) groups is 2. The van der Waals surface area contributed by atoms with Crippen LogP contribution < -0.4 is 10.6 Å². The van der Waals surface area contributed by atoms with Crippen molar-refractivity contribution < 1.29 is 14.0 Å². The van der Waals surface area contributed by atoms with Crippen LogP contribution in [0.15, 0.2) is 46.9 Å². The maximum absolute atomic E-state index is 13.4. The molecule has 0 fully saturated rings. The zero-order valence-corrected chi connectivity index (χ0v) is 14.6. The molecule has 0 aromatic heterocycles. The molecule has 2 atom stereocenters. The molecule has 3 rings (SSSR count). The van der Waals surface area contributed by atoms with Gasteiger partial charge in [0.15, 0.2) is 0 Å². The van der Waals surface area contributed by atoms with Gasteiger partial charge in [0.25, 0.3) is 0 Å². The summed E-state index contributed by atoms with van der Waals surface area (Å²) < 4.78 is 14.3. The van der Waals surface area contributed by atoms with Gasteiger partial charge in [0.05, 0.1) is 12.0 Å². The Morgan fingerprint density at radius 1 is 1.33 bits per heavy atom. The van der Waals surface area contributed by atoms with E-state index in [2.05, 4.69) is 26.6 Å². The molecule has 2 aromatic carbocycles. The fourth-order valence-corrected chi connectivity index (χ4v) is 3.52. The lowest BCUT2D eigenvalue weighted by Gasteiger charge is -2.26. The SMILES string of the molecule is CC(NC(=O)C1CC(=O)Nc2cc(F)ccc21)c1ccccc1Br. The minimum Gasteiger partial charge on any atom is -0.349 e. The van der Waals surface area contributed by atoms with Gasteiger partial charge >= 0.3 is 0 Å². The summed E-state index contributed by atoms with van der Waals surface area (Å²) in [6.45, 7) is 1.88. The largest absolute Gasteiger partial charge is 0.349 e. The highest BCUT2D eigenvalue weighted by Gasteiger charge is 2.31. The Morgan fingerprint density at radius 3 is 2.83 bits per heavy atom. The molecule has 2 N–H and O–H groups in total. The van der Waals surface area contributed by atoms with Gasteiger partial charge in [-0.3, -0.25) is 9.59 Å². The van der Waals surface area contributed by atoms with Gasteiger partial charge in [-0.1, -0.05) is 40.2 Å². The van der Waals surface area contributed by atoms with Crippen molar-refractivity contribution in [1.29, 1.82) is 0 Å². The van der Waals surface area contributed by atoms with Gasteiger partial charge in [-0.2, -0.15) is 0 Å². The van der Waals surface area contributed by atoms with Gasteiger partial charge in [-0.05, 0) is 36.2 Å². The fourth-order valence-electron chi connectivity index (χ4n) is 2.89. The molecule has 6 heteroatoms. The van der Waals surface area contributed by atoms with E-state index < -0.39 is 11.7 Å². The van der Waals surface area contributed by atoms with E-state index in [0.717, 1.165) is 10.0 Å². The second-order valence-corrected chi connectivity index (χ2v) is 6.64. The van der Waals surface area contributed by atoms with Crippen molar-refractivity contribution in [3.8, 4) is 0 Å². The highest BCUT2D eigenvalue weighted by atomic mass is 79.9. The molecule has 0 saturated carbocycles. The van der Waals surface area contributed by atoms with Crippen molar-refractivity contribution in [2.75, 3.05) is 5.32 Å². The monoisotopic (exact) mass is 390 g/mol. The maximum Gasteiger partial charge on any atom is 0.228 e. The lowest BCUT2D eigenvalue weighted by atomic mass is 9.89. The summed E-state index contributed by atoms with van der Waals surface area (Å²) in [5.74, 6) is -1.61. The quantitative estimate of drug-likeness (QED) is 0.834. The van der Waals surface area contributed by atoms with Gasteiger partial charge in [0.2, 0.25) is 11.8 Å². The van der Waals surface area contributed by atoms with Gasteiger partial charge in [0.1, 0.15) is 5.82 Å². The van der Waals surface area contributed by atoms with Crippen LogP contribution in [0.1, 0.15) is 36.4 Å². The summed E-state index contributed by atoms with van der Waals surface area (Å²) in [7, 11) is 0. The molecule has 4 nitrogen and oxygen atoms in total. The molecule has 24 heavy (non-hydrogen) atoms. The van der Waals surface area contributed by atoms with Crippen LogP contribution in [-0.4, -0.2) is 11.8 Å². The van der Waals surface area contributed by atoms with Crippen LogP contribution in [0.25, 0.3) is 0 Å². The standard InChI is InChI=1S/C18H16BrFN2O2/c1-10(12-4-2-3-5-15(12)19)21-18(24)14-9-17(23)22-16-8-11(20)6-7-13(14)16/h2-8,10,14H,9H2,1H3,(H,21,24)(H,22,23). The second-order valence-electron chi connectivity index (χ2n) is 5.79. The highest BCUT2D eigenvalue weighted by Crippen LogP contribution is 2.33. The molecular weight excluding hydrogens is 375 g/mol. The molecule has 1 aliphatic rings. The van der Waals surface area contributed by atoms with Crippen LogP contribution in [0.3, 0.4) is 0 Å². The van der Waals surface area contributed by atoms with Crippen molar-refractivity contribution in [3.05, 3.63) is 63.9 Å². The van der Waals surface area contributed by atoms with Gasteiger partial charge in [-0.15, -0.1) is 0 Å². The van der Waals surface area contributed by atoms with Crippen LogP contribution in [0, 0.1) is 5.82 Å². The lowest BCUT2D eigenvalue weighted by Crippen LogP contribution is -2.36. The third-order valence-electron chi connectivity index (χ3n) is 4.10. The lowest BCUT2D eigenvalue weighted by molar-refractivity contribution is -0.126. The number of carbonyl (C=O) groups excluding carboxylic acids is 2. The summed E-state index contributed by atoms with van der Waals surface area (Å²) in [6.07, 6.45) is 0.0488. The molecule has 2 unspecified atom stereocenters. The topological polar surface area (TPSA) is 58.2 Å². The zero-order chi connectivity index (χ0) is 17.3. The first-order chi connectivity index (χ1) is 11.5. The first-order valence-electron chi connectivity index (χ1n) is 7.60. The number of hydrogen-bond acceptors (Lipinski definition) is 2. The third-order valence-corrected chi connectivity index (χ3v) is 4.82. The van der Waals surface area contributed by atoms with Crippen molar-refractivity contribution in [1.82, 2.24) is 5.32 Å². The number of rotatable bonds is 3. The van der Waals surface area contributed by atoms with E-state index >= 15 is 0 Å².